The topological polar surface area (TPSA) is 38.6 Å². The van der Waals surface area contributed by atoms with Crippen LogP contribution in [0.1, 0.15) is 11.3 Å². The summed E-state index contributed by atoms with van der Waals surface area (Å²) < 4.78 is 11.5. The van der Waals surface area contributed by atoms with Crippen LogP contribution in [0, 0.1) is 6.92 Å². The van der Waals surface area contributed by atoms with Crippen LogP contribution >= 0.6 is 0 Å². The van der Waals surface area contributed by atoms with Crippen LogP contribution in [0.5, 0.6) is 0 Å². The lowest BCUT2D eigenvalue weighted by molar-refractivity contribution is 0.511. The molecule has 0 aliphatic carbocycles. The van der Waals surface area contributed by atoms with E-state index in [0.29, 0.717) is 6.54 Å². The molecule has 4 aromatic rings. The first-order valence-electron chi connectivity index (χ1n) is 7.92. The number of rotatable bonds is 3. The van der Waals surface area contributed by atoms with Crippen molar-refractivity contribution >= 4 is 11.0 Å². The average molecular weight is 315 g/mol. The molecule has 4 rings (SSSR count). The monoisotopic (exact) mass is 315 g/mol. The molecule has 0 amide bonds. The van der Waals surface area contributed by atoms with Gasteiger partial charge in [0.2, 0.25) is 0 Å². The summed E-state index contributed by atoms with van der Waals surface area (Å²) in [5, 5.41) is 1.93. The van der Waals surface area contributed by atoms with E-state index in [1.165, 1.54) is 5.56 Å². The minimum absolute atomic E-state index is 0.508. The number of furan rings is 1. The first kappa shape index (κ1) is 14.5. The highest BCUT2D eigenvalue weighted by Gasteiger charge is 2.06. The molecule has 0 saturated heterocycles. The van der Waals surface area contributed by atoms with Gasteiger partial charge in [-0.1, -0.05) is 42.0 Å². The number of hydrogen-bond acceptors (Lipinski definition) is 3. The van der Waals surface area contributed by atoms with Crippen molar-refractivity contribution in [3.05, 3.63) is 89.7 Å². The second-order valence-corrected chi connectivity index (χ2v) is 5.76. The van der Waals surface area contributed by atoms with Crippen LogP contribution in [0.3, 0.4) is 0 Å². The third-order valence-corrected chi connectivity index (χ3v) is 3.94. The lowest BCUT2D eigenvalue weighted by Gasteiger charge is -2.05. The number of aryl methyl sites for hydroxylation is 1. The first-order valence-corrected chi connectivity index (χ1v) is 7.92. The van der Waals surface area contributed by atoms with Crippen molar-refractivity contribution < 1.29 is 8.83 Å². The van der Waals surface area contributed by atoms with Gasteiger partial charge < -0.3 is 8.83 Å². The van der Waals surface area contributed by atoms with E-state index >= 15 is 0 Å². The molecule has 0 saturated carbocycles. The SMILES string of the molecule is Cc1ccc2oc(-c3ccccc3)cc(=NCc3ccco3)c2c1. The Bertz CT molecular complexity index is 1030. The quantitative estimate of drug-likeness (QED) is 0.527. The largest absolute Gasteiger partial charge is 0.467 e. The maximum atomic E-state index is 6.10. The molecular formula is C21H17NO2. The Kier molecular flexibility index (Phi) is 3.75. The van der Waals surface area contributed by atoms with Gasteiger partial charge in [0, 0.05) is 17.0 Å². The van der Waals surface area contributed by atoms with E-state index in [4.69, 9.17) is 13.8 Å². The molecule has 2 aromatic carbocycles. The summed E-state index contributed by atoms with van der Waals surface area (Å²) >= 11 is 0. The molecule has 0 spiro atoms. The van der Waals surface area contributed by atoms with Gasteiger partial charge >= 0.3 is 0 Å². The summed E-state index contributed by atoms with van der Waals surface area (Å²) in [7, 11) is 0. The van der Waals surface area contributed by atoms with Crippen LogP contribution in [0.15, 0.2) is 86.8 Å². The highest BCUT2D eigenvalue weighted by Crippen LogP contribution is 2.22. The fourth-order valence-corrected chi connectivity index (χ4v) is 2.72. The van der Waals surface area contributed by atoms with Crippen molar-refractivity contribution in [3.63, 3.8) is 0 Å². The van der Waals surface area contributed by atoms with Crippen molar-refractivity contribution in [2.24, 2.45) is 4.99 Å². The Morgan fingerprint density at radius 3 is 2.58 bits per heavy atom. The second kappa shape index (κ2) is 6.20. The summed E-state index contributed by atoms with van der Waals surface area (Å²) in [6.45, 7) is 2.58. The van der Waals surface area contributed by atoms with Gasteiger partial charge in [0.15, 0.2) is 0 Å². The Morgan fingerprint density at radius 1 is 0.917 bits per heavy atom. The zero-order chi connectivity index (χ0) is 16.4. The molecule has 3 nitrogen and oxygen atoms in total. The van der Waals surface area contributed by atoms with Crippen molar-refractivity contribution in [1.29, 1.82) is 0 Å². The third kappa shape index (κ3) is 2.88. The minimum Gasteiger partial charge on any atom is -0.467 e. The number of hydrogen-bond donors (Lipinski definition) is 0. The lowest BCUT2D eigenvalue weighted by Crippen LogP contribution is -2.04. The van der Waals surface area contributed by atoms with E-state index in [2.05, 4.69) is 19.1 Å². The first-order chi connectivity index (χ1) is 11.8. The van der Waals surface area contributed by atoms with Crippen LogP contribution in [0.25, 0.3) is 22.3 Å². The molecule has 0 unspecified atom stereocenters. The summed E-state index contributed by atoms with van der Waals surface area (Å²) in [5.41, 5.74) is 3.05. The Hall–Kier alpha value is -3.07. The van der Waals surface area contributed by atoms with Gasteiger partial charge in [-0.3, -0.25) is 4.99 Å². The predicted octanol–water partition coefficient (Wildman–Crippen LogP) is 5.10. The van der Waals surface area contributed by atoms with Gasteiger partial charge in [-0.25, -0.2) is 0 Å². The molecule has 0 fully saturated rings. The summed E-state index contributed by atoms with van der Waals surface area (Å²) in [6.07, 6.45) is 1.67. The molecule has 118 valence electrons. The van der Waals surface area contributed by atoms with Crippen molar-refractivity contribution in [3.8, 4) is 11.3 Å². The standard InChI is InChI=1S/C21H17NO2/c1-15-9-10-20-18(12-15)19(22-14-17-8-5-11-23-17)13-21(24-20)16-6-3-2-4-7-16/h2-13H,14H2,1H3. The predicted molar refractivity (Wildman–Crippen MR) is 94.4 cm³/mol. The molecule has 2 aromatic heterocycles. The zero-order valence-electron chi connectivity index (χ0n) is 13.4. The fraction of sp³-hybridized carbons (Fsp3) is 0.0952. The maximum absolute atomic E-state index is 6.10. The van der Waals surface area contributed by atoms with Gasteiger partial charge in [-0.2, -0.15) is 0 Å². The molecule has 0 N–H and O–H groups in total. The van der Waals surface area contributed by atoms with Crippen LogP contribution in [-0.4, -0.2) is 0 Å². The zero-order valence-corrected chi connectivity index (χ0v) is 13.4. The fourth-order valence-electron chi connectivity index (χ4n) is 2.72. The molecule has 3 heteroatoms. The highest BCUT2D eigenvalue weighted by molar-refractivity contribution is 5.79. The molecule has 24 heavy (non-hydrogen) atoms. The molecule has 0 radical (unpaired) electrons. The van der Waals surface area contributed by atoms with Crippen LogP contribution in [-0.2, 0) is 6.54 Å². The van der Waals surface area contributed by atoms with Gasteiger partial charge in [0.05, 0.1) is 18.2 Å². The Labute approximate surface area is 139 Å². The summed E-state index contributed by atoms with van der Waals surface area (Å²) in [6, 6.07) is 22.0. The number of nitrogens with zero attached hydrogens (tertiary/aromatic N) is 1. The summed E-state index contributed by atoms with van der Waals surface area (Å²) in [4.78, 5) is 4.75. The van der Waals surface area contributed by atoms with Crippen molar-refractivity contribution in [2.75, 3.05) is 0 Å². The van der Waals surface area contributed by atoms with Gasteiger partial charge in [-0.15, -0.1) is 0 Å². The van der Waals surface area contributed by atoms with E-state index in [1.54, 1.807) is 6.26 Å². The average Bonchev–Trinajstić information content (AvgIpc) is 3.14. The summed E-state index contributed by atoms with van der Waals surface area (Å²) in [5.74, 6) is 1.66. The minimum atomic E-state index is 0.508. The number of fused-ring (bicyclic) bond motifs is 1. The third-order valence-electron chi connectivity index (χ3n) is 3.94. The molecule has 0 aliphatic heterocycles. The maximum Gasteiger partial charge on any atom is 0.136 e. The Morgan fingerprint density at radius 2 is 1.79 bits per heavy atom. The highest BCUT2D eigenvalue weighted by atomic mass is 16.3. The molecule has 0 aliphatic rings. The van der Waals surface area contributed by atoms with Crippen LogP contribution in [0.4, 0.5) is 0 Å². The van der Waals surface area contributed by atoms with Gasteiger partial charge in [0.25, 0.3) is 0 Å². The number of benzene rings is 2. The van der Waals surface area contributed by atoms with Crippen LogP contribution < -0.4 is 5.36 Å². The van der Waals surface area contributed by atoms with E-state index in [1.807, 2.05) is 54.6 Å². The van der Waals surface area contributed by atoms with E-state index in [9.17, 15) is 0 Å². The van der Waals surface area contributed by atoms with E-state index < -0.39 is 0 Å². The molecule has 0 bridgehead atoms. The smallest absolute Gasteiger partial charge is 0.136 e. The van der Waals surface area contributed by atoms with Crippen molar-refractivity contribution in [1.82, 2.24) is 0 Å². The van der Waals surface area contributed by atoms with E-state index in [-0.39, 0.29) is 0 Å². The van der Waals surface area contributed by atoms with Crippen molar-refractivity contribution in [2.45, 2.75) is 13.5 Å². The molecular weight excluding hydrogens is 298 g/mol. The normalized spacial score (nSPS) is 12.0. The lowest BCUT2D eigenvalue weighted by atomic mass is 10.1. The van der Waals surface area contributed by atoms with Gasteiger partial charge in [-0.05, 0) is 31.2 Å². The second-order valence-electron chi connectivity index (χ2n) is 5.76. The Balaban J connectivity index is 1.91. The van der Waals surface area contributed by atoms with E-state index in [0.717, 1.165) is 33.4 Å². The van der Waals surface area contributed by atoms with Gasteiger partial charge in [0.1, 0.15) is 17.1 Å². The molecule has 0 atom stereocenters. The molecule has 2 heterocycles. The van der Waals surface area contributed by atoms with Crippen LogP contribution in [0.2, 0.25) is 0 Å².